The Morgan fingerprint density at radius 1 is 1.29 bits per heavy atom. The maximum Gasteiger partial charge on any atom is 0.0391 e. The molecule has 0 aliphatic heterocycles. The van der Waals surface area contributed by atoms with Gasteiger partial charge >= 0.3 is 0 Å². The van der Waals surface area contributed by atoms with Crippen molar-refractivity contribution in [1.29, 1.82) is 0 Å². The Labute approximate surface area is 90.1 Å². The van der Waals surface area contributed by atoms with Gasteiger partial charge < -0.3 is 5.73 Å². The summed E-state index contributed by atoms with van der Waals surface area (Å²) in [4.78, 5) is 0. The van der Waals surface area contributed by atoms with Crippen LogP contribution in [0.1, 0.15) is 46.0 Å². The van der Waals surface area contributed by atoms with Crippen LogP contribution in [0.25, 0.3) is 0 Å². The van der Waals surface area contributed by atoms with Crippen molar-refractivity contribution >= 4 is 10.8 Å². The Balaban J connectivity index is 2.33. The minimum atomic E-state index is -0.682. The van der Waals surface area contributed by atoms with Crippen molar-refractivity contribution in [2.75, 3.05) is 5.75 Å². The van der Waals surface area contributed by atoms with Crippen molar-refractivity contribution < 1.29 is 4.21 Å². The topological polar surface area (TPSA) is 43.1 Å². The highest BCUT2D eigenvalue weighted by Gasteiger charge is 2.22. The van der Waals surface area contributed by atoms with E-state index in [1.807, 2.05) is 0 Å². The zero-order valence-corrected chi connectivity index (χ0v) is 10.2. The third kappa shape index (κ3) is 3.70. The number of nitrogens with two attached hydrogens (primary N) is 1. The molecule has 0 spiro atoms. The first-order valence-corrected chi connectivity index (χ1v) is 7.12. The fourth-order valence-corrected chi connectivity index (χ4v) is 3.74. The molecule has 2 N–H and O–H groups in total. The minimum Gasteiger partial charge on any atom is -0.327 e. The molecule has 1 aliphatic rings. The van der Waals surface area contributed by atoms with E-state index < -0.39 is 10.8 Å². The van der Waals surface area contributed by atoms with Crippen molar-refractivity contribution in [2.24, 2.45) is 11.7 Å². The van der Waals surface area contributed by atoms with Crippen LogP contribution in [-0.2, 0) is 10.8 Å². The van der Waals surface area contributed by atoms with Gasteiger partial charge in [0.05, 0.1) is 0 Å². The molecule has 3 heteroatoms. The van der Waals surface area contributed by atoms with Crippen molar-refractivity contribution in [2.45, 2.75) is 57.2 Å². The fraction of sp³-hybridized carbons (Fsp3) is 1.00. The van der Waals surface area contributed by atoms with Gasteiger partial charge in [0.25, 0.3) is 0 Å². The number of hydrogen-bond donors (Lipinski definition) is 1. The largest absolute Gasteiger partial charge is 0.327 e. The molecule has 1 aliphatic carbocycles. The van der Waals surface area contributed by atoms with Gasteiger partial charge in [-0.15, -0.1) is 0 Å². The van der Waals surface area contributed by atoms with E-state index in [-0.39, 0.29) is 6.04 Å². The first-order chi connectivity index (χ1) is 6.61. The Kier molecular flexibility index (Phi) is 5.10. The molecule has 0 aromatic carbocycles. The second-order valence-electron chi connectivity index (χ2n) is 4.72. The molecule has 2 atom stereocenters. The third-order valence-electron chi connectivity index (χ3n) is 3.14. The lowest BCUT2D eigenvalue weighted by Crippen LogP contribution is -2.35. The summed E-state index contributed by atoms with van der Waals surface area (Å²) in [5.74, 6) is 1.14. The maximum absolute atomic E-state index is 11.9. The van der Waals surface area contributed by atoms with Crippen LogP contribution in [0, 0.1) is 5.92 Å². The van der Waals surface area contributed by atoms with Gasteiger partial charge in [0.2, 0.25) is 0 Å². The lowest BCUT2D eigenvalue weighted by atomic mass is 10.0. The smallest absolute Gasteiger partial charge is 0.0391 e. The molecule has 0 bridgehead atoms. The van der Waals surface area contributed by atoms with E-state index in [4.69, 9.17) is 5.73 Å². The molecule has 0 saturated heterocycles. The van der Waals surface area contributed by atoms with Gasteiger partial charge in [-0.05, 0) is 18.8 Å². The third-order valence-corrected chi connectivity index (χ3v) is 5.07. The SMILES string of the molecule is CC(C)C(N)CS(=O)C1CCCCC1. The molecule has 2 nitrogen and oxygen atoms in total. The van der Waals surface area contributed by atoms with Crippen LogP contribution in [0.2, 0.25) is 0 Å². The van der Waals surface area contributed by atoms with Gasteiger partial charge in [-0.1, -0.05) is 33.1 Å². The van der Waals surface area contributed by atoms with Crippen molar-refractivity contribution in [1.82, 2.24) is 0 Å². The van der Waals surface area contributed by atoms with Crippen LogP contribution < -0.4 is 5.73 Å². The van der Waals surface area contributed by atoms with E-state index in [0.717, 1.165) is 12.8 Å². The second-order valence-corrected chi connectivity index (χ2v) is 6.48. The summed E-state index contributed by atoms with van der Waals surface area (Å²) in [7, 11) is -0.682. The van der Waals surface area contributed by atoms with Gasteiger partial charge in [-0.2, -0.15) is 0 Å². The van der Waals surface area contributed by atoms with Gasteiger partial charge in [-0.25, -0.2) is 0 Å². The van der Waals surface area contributed by atoms with Crippen LogP contribution in [0.5, 0.6) is 0 Å². The molecule has 0 aromatic rings. The van der Waals surface area contributed by atoms with E-state index in [0.29, 0.717) is 16.9 Å². The van der Waals surface area contributed by atoms with Crippen LogP contribution >= 0.6 is 0 Å². The van der Waals surface area contributed by atoms with Crippen LogP contribution in [-0.4, -0.2) is 21.3 Å². The van der Waals surface area contributed by atoms with Crippen LogP contribution in [0.4, 0.5) is 0 Å². The first-order valence-electron chi connectivity index (χ1n) is 5.74. The zero-order chi connectivity index (χ0) is 10.6. The maximum atomic E-state index is 11.9. The number of rotatable bonds is 4. The minimum absolute atomic E-state index is 0.109. The molecule has 0 heterocycles. The molecular formula is C11H23NOS. The number of hydrogen-bond acceptors (Lipinski definition) is 2. The van der Waals surface area contributed by atoms with Crippen molar-refractivity contribution in [3.8, 4) is 0 Å². The quantitative estimate of drug-likeness (QED) is 0.783. The highest BCUT2D eigenvalue weighted by atomic mass is 32.2. The monoisotopic (exact) mass is 217 g/mol. The molecule has 14 heavy (non-hydrogen) atoms. The molecule has 0 aromatic heterocycles. The van der Waals surface area contributed by atoms with E-state index in [2.05, 4.69) is 13.8 Å². The second kappa shape index (κ2) is 5.86. The summed E-state index contributed by atoms with van der Waals surface area (Å²) in [6.07, 6.45) is 6.14. The summed E-state index contributed by atoms with van der Waals surface area (Å²) < 4.78 is 11.9. The van der Waals surface area contributed by atoms with Crippen molar-refractivity contribution in [3.63, 3.8) is 0 Å². The average molecular weight is 217 g/mol. The lowest BCUT2D eigenvalue weighted by Gasteiger charge is -2.23. The lowest BCUT2D eigenvalue weighted by molar-refractivity contribution is 0.494. The van der Waals surface area contributed by atoms with Crippen molar-refractivity contribution in [3.05, 3.63) is 0 Å². The summed E-state index contributed by atoms with van der Waals surface area (Å²) in [5.41, 5.74) is 5.93. The first kappa shape index (κ1) is 12.2. The van der Waals surface area contributed by atoms with E-state index in [9.17, 15) is 4.21 Å². The fourth-order valence-electron chi connectivity index (χ4n) is 1.85. The Hall–Kier alpha value is 0.110. The summed E-state index contributed by atoms with van der Waals surface area (Å²) in [5, 5.41) is 0.438. The molecule has 2 unspecified atom stereocenters. The molecule has 1 rings (SSSR count). The van der Waals surface area contributed by atoms with E-state index in [1.54, 1.807) is 0 Å². The average Bonchev–Trinajstić information content (AvgIpc) is 2.19. The molecule has 84 valence electrons. The zero-order valence-electron chi connectivity index (χ0n) is 9.37. The normalized spacial score (nSPS) is 23.7. The standard InChI is InChI=1S/C11H23NOS/c1-9(2)11(12)8-14(13)10-6-4-3-5-7-10/h9-11H,3-8,12H2,1-2H3. The van der Waals surface area contributed by atoms with Gasteiger partial charge in [0.15, 0.2) is 0 Å². The molecule has 1 fully saturated rings. The van der Waals surface area contributed by atoms with Gasteiger partial charge in [-0.3, -0.25) is 4.21 Å². The molecule has 0 radical (unpaired) electrons. The van der Waals surface area contributed by atoms with Crippen LogP contribution in [0.3, 0.4) is 0 Å². The molecular weight excluding hydrogens is 194 g/mol. The van der Waals surface area contributed by atoms with Gasteiger partial charge in [0, 0.05) is 27.8 Å². The highest BCUT2D eigenvalue weighted by molar-refractivity contribution is 7.85. The Morgan fingerprint density at radius 3 is 2.36 bits per heavy atom. The van der Waals surface area contributed by atoms with E-state index in [1.165, 1.54) is 19.3 Å². The Bertz CT molecular complexity index is 188. The predicted octanol–water partition coefficient (Wildman–Crippen LogP) is 2.05. The molecule has 1 saturated carbocycles. The summed E-state index contributed by atoms with van der Waals surface area (Å²) in [6, 6.07) is 0.109. The molecule has 0 amide bonds. The summed E-state index contributed by atoms with van der Waals surface area (Å²) >= 11 is 0. The van der Waals surface area contributed by atoms with E-state index >= 15 is 0 Å². The highest BCUT2D eigenvalue weighted by Crippen LogP contribution is 2.22. The van der Waals surface area contributed by atoms with Gasteiger partial charge in [0.1, 0.15) is 0 Å². The predicted molar refractivity (Wildman–Crippen MR) is 62.7 cm³/mol. The summed E-state index contributed by atoms with van der Waals surface area (Å²) in [6.45, 7) is 4.20. The van der Waals surface area contributed by atoms with Crippen LogP contribution in [0.15, 0.2) is 0 Å². The Morgan fingerprint density at radius 2 is 1.86 bits per heavy atom.